The van der Waals surface area contributed by atoms with E-state index >= 15 is 0 Å². The van der Waals surface area contributed by atoms with Crippen molar-refractivity contribution in [2.24, 2.45) is 4.99 Å². The second-order valence-electron chi connectivity index (χ2n) is 6.77. The molecule has 2 aromatic rings. The minimum Gasteiger partial charge on any atom is -0.352 e. The predicted octanol–water partition coefficient (Wildman–Crippen LogP) is 3.77. The van der Waals surface area contributed by atoms with E-state index < -0.39 is 0 Å². The number of rotatable bonds is 8. The molecular formula is C21H28Cl2IN5O. The Labute approximate surface area is 205 Å². The van der Waals surface area contributed by atoms with Gasteiger partial charge in [-0.25, -0.2) is 0 Å². The second-order valence-corrected chi connectivity index (χ2v) is 7.62. The number of carbonyl (C=O) groups is 1. The van der Waals surface area contributed by atoms with E-state index in [1.807, 2.05) is 49.3 Å². The summed E-state index contributed by atoms with van der Waals surface area (Å²) in [5, 5.41) is 10.6. The number of aliphatic imine (C=N–C) groups is 1. The van der Waals surface area contributed by atoms with Crippen LogP contribution in [0.5, 0.6) is 0 Å². The van der Waals surface area contributed by atoms with Gasteiger partial charge in [0.25, 0.3) is 5.91 Å². The van der Waals surface area contributed by atoms with Gasteiger partial charge in [0.2, 0.25) is 0 Å². The zero-order valence-electron chi connectivity index (χ0n) is 17.3. The number of nitrogens with zero attached hydrogens (tertiary/aromatic N) is 2. The van der Waals surface area contributed by atoms with Gasteiger partial charge < -0.3 is 20.9 Å². The fourth-order valence-corrected chi connectivity index (χ4v) is 3.04. The maximum atomic E-state index is 12.3. The van der Waals surface area contributed by atoms with Crippen molar-refractivity contribution in [2.75, 3.05) is 34.2 Å². The molecule has 0 heterocycles. The number of nitrogens with one attached hydrogen (secondary N) is 3. The van der Waals surface area contributed by atoms with Crippen molar-refractivity contribution in [2.45, 2.75) is 13.1 Å². The molecule has 0 aliphatic carbocycles. The van der Waals surface area contributed by atoms with E-state index in [0.717, 1.165) is 17.7 Å². The van der Waals surface area contributed by atoms with Crippen molar-refractivity contribution in [1.29, 1.82) is 0 Å². The monoisotopic (exact) mass is 563 g/mol. The first-order valence-electron chi connectivity index (χ1n) is 9.29. The molecule has 9 heteroatoms. The predicted molar refractivity (Wildman–Crippen MR) is 136 cm³/mol. The molecule has 0 saturated heterocycles. The highest BCUT2D eigenvalue weighted by Crippen LogP contribution is 2.20. The lowest BCUT2D eigenvalue weighted by Crippen LogP contribution is -2.36. The first kappa shape index (κ1) is 26.5. The second kappa shape index (κ2) is 13.7. The highest BCUT2D eigenvalue weighted by Gasteiger charge is 2.07. The zero-order chi connectivity index (χ0) is 21.2. The fraction of sp³-hybridized carbons (Fsp3) is 0.333. The van der Waals surface area contributed by atoms with Crippen LogP contribution in [-0.4, -0.2) is 51.0 Å². The summed E-state index contributed by atoms with van der Waals surface area (Å²) >= 11 is 12.1. The lowest BCUT2D eigenvalue weighted by Gasteiger charge is -2.14. The molecule has 2 rings (SSSR count). The van der Waals surface area contributed by atoms with Crippen LogP contribution in [0.25, 0.3) is 0 Å². The molecule has 2 aromatic carbocycles. The van der Waals surface area contributed by atoms with E-state index in [4.69, 9.17) is 23.2 Å². The number of amides is 1. The summed E-state index contributed by atoms with van der Waals surface area (Å²) in [6.45, 7) is 2.46. The van der Waals surface area contributed by atoms with Gasteiger partial charge in [0.15, 0.2) is 5.96 Å². The van der Waals surface area contributed by atoms with Crippen LogP contribution in [0.3, 0.4) is 0 Å². The highest BCUT2D eigenvalue weighted by molar-refractivity contribution is 14.0. The normalized spacial score (nSPS) is 11.1. The molecular weight excluding hydrogens is 536 g/mol. The van der Waals surface area contributed by atoms with Gasteiger partial charge in [0, 0.05) is 48.8 Å². The lowest BCUT2D eigenvalue weighted by atomic mass is 10.1. The Balaban J connectivity index is 0.00000450. The van der Waals surface area contributed by atoms with Crippen LogP contribution in [0.1, 0.15) is 21.5 Å². The molecule has 0 atom stereocenters. The molecule has 0 spiro atoms. The quantitative estimate of drug-likeness (QED) is 0.260. The largest absolute Gasteiger partial charge is 0.352 e. The van der Waals surface area contributed by atoms with Crippen LogP contribution < -0.4 is 16.0 Å². The number of guanidine groups is 1. The average molecular weight is 564 g/mol. The molecule has 0 aliphatic rings. The first-order chi connectivity index (χ1) is 13.9. The topological polar surface area (TPSA) is 68.8 Å². The van der Waals surface area contributed by atoms with Crippen molar-refractivity contribution in [3.05, 3.63) is 69.2 Å². The van der Waals surface area contributed by atoms with Crippen LogP contribution in [0.2, 0.25) is 10.0 Å². The molecule has 0 fully saturated rings. The Morgan fingerprint density at radius 3 is 2.43 bits per heavy atom. The summed E-state index contributed by atoms with van der Waals surface area (Å²) in [4.78, 5) is 18.5. The Morgan fingerprint density at radius 2 is 1.77 bits per heavy atom. The Morgan fingerprint density at radius 1 is 1.03 bits per heavy atom. The minimum absolute atomic E-state index is 0. The van der Waals surface area contributed by atoms with Gasteiger partial charge in [-0.05, 0) is 49.5 Å². The van der Waals surface area contributed by atoms with Crippen LogP contribution in [-0.2, 0) is 13.1 Å². The van der Waals surface area contributed by atoms with E-state index in [0.29, 0.717) is 41.2 Å². The maximum absolute atomic E-state index is 12.3. The first-order valence-corrected chi connectivity index (χ1v) is 10.0. The third-order valence-electron chi connectivity index (χ3n) is 4.18. The van der Waals surface area contributed by atoms with Crippen LogP contribution >= 0.6 is 47.2 Å². The van der Waals surface area contributed by atoms with Crippen molar-refractivity contribution in [3.63, 3.8) is 0 Å². The van der Waals surface area contributed by atoms with Crippen molar-refractivity contribution in [1.82, 2.24) is 20.9 Å². The zero-order valence-corrected chi connectivity index (χ0v) is 21.2. The number of hydrogen-bond acceptors (Lipinski definition) is 3. The summed E-state index contributed by atoms with van der Waals surface area (Å²) in [5.41, 5.74) is 2.55. The van der Waals surface area contributed by atoms with Gasteiger partial charge in [-0.3, -0.25) is 9.79 Å². The van der Waals surface area contributed by atoms with E-state index in [-0.39, 0.29) is 29.9 Å². The van der Waals surface area contributed by atoms with Crippen LogP contribution in [0.15, 0.2) is 47.5 Å². The maximum Gasteiger partial charge on any atom is 0.251 e. The molecule has 0 saturated carbocycles. The van der Waals surface area contributed by atoms with Crippen LogP contribution in [0.4, 0.5) is 0 Å². The summed E-state index contributed by atoms with van der Waals surface area (Å²) in [6, 6.07) is 12.9. The Kier molecular flexibility index (Phi) is 12.1. The van der Waals surface area contributed by atoms with E-state index in [1.54, 1.807) is 19.2 Å². The summed E-state index contributed by atoms with van der Waals surface area (Å²) < 4.78 is 0. The number of halogens is 3. The SMILES string of the molecule is CN=C(NCc1cccc(C(=O)NCCN(C)C)c1)NCc1ccc(Cl)cc1Cl.I. The van der Waals surface area contributed by atoms with Gasteiger partial charge >= 0.3 is 0 Å². The molecule has 0 bridgehead atoms. The minimum atomic E-state index is -0.0754. The smallest absolute Gasteiger partial charge is 0.251 e. The fourth-order valence-electron chi connectivity index (χ4n) is 2.57. The molecule has 0 aromatic heterocycles. The molecule has 0 unspecified atom stereocenters. The van der Waals surface area contributed by atoms with Crippen molar-refractivity contribution >= 4 is 59.0 Å². The third kappa shape index (κ3) is 9.07. The van der Waals surface area contributed by atoms with Gasteiger partial charge in [-0.15, -0.1) is 24.0 Å². The number of benzene rings is 2. The van der Waals surface area contributed by atoms with E-state index in [2.05, 4.69) is 20.9 Å². The summed E-state index contributed by atoms with van der Waals surface area (Å²) in [6.07, 6.45) is 0. The average Bonchev–Trinajstić information content (AvgIpc) is 2.69. The summed E-state index contributed by atoms with van der Waals surface area (Å²) in [5.74, 6) is 0.561. The van der Waals surface area contributed by atoms with Crippen molar-refractivity contribution in [3.8, 4) is 0 Å². The molecule has 6 nitrogen and oxygen atoms in total. The van der Waals surface area contributed by atoms with Gasteiger partial charge in [-0.2, -0.15) is 0 Å². The number of carbonyl (C=O) groups excluding carboxylic acids is 1. The van der Waals surface area contributed by atoms with Gasteiger partial charge in [0.1, 0.15) is 0 Å². The number of hydrogen-bond donors (Lipinski definition) is 3. The molecule has 0 radical (unpaired) electrons. The highest BCUT2D eigenvalue weighted by atomic mass is 127. The number of likely N-dealkylation sites (N-methyl/N-ethyl adjacent to an activating group) is 1. The van der Waals surface area contributed by atoms with Gasteiger partial charge in [0.05, 0.1) is 0 Å². The molecule has 0 aliphatic heterocycles. The third-order valence-corrected chi connectivity index (χ3v) is 4.77. The van der Waals surface area contributed by atoms with Crippen LogP contribution in [0, 0.1) is 0 Å². The summed E-state index contributed by atoms with van der Waals surface area (Å²) in [7, 11) is 5.65. The molecule has 30 heavy (non-hydrogen) atoms. The lowest BCUT2D eigenvalue weighted by molar-refractivity contribution is 0.0951. The molecule has 164 valence electrons. The van der Waals surface area contributed by atoms with Gasteiger partial charge in [-0.1, -0.05) is 41.4 Å². The molecule has 3 N–H and O–H groups in total. The van der Waals surface area contributed by atoms with E-state index in [9.17, 15) is 4.79 Å². The van der Waals surface area contributed by atoms with E-state index in [1.165, 1.54) is 0 Å². The van der Waals surface area contributed by atoms with Crippen molar-refractivity contribution < 1.29 is 4.79 Å². The Hall–Kier alpha value is -1.55. The standard InChI is InChI=1S/C21H27Cl2N5O.HI/c1-24-21(27-14-17-7-8-18(22)12-19(17)23)26-13-15-5-4-6-16(11-15)20(29)25-9-10-28(2)3;/h4-8,11-12H,9-10,13-14H2,1-3H3,(H,25,29)(H2,24,26,27);1H. The molecule has 1 amide bonds. The Bertz CT molecular complexity index is 861.